The Morgan fingerprint density at radius 3 is 2.29 bits per heavy atom. The minimum atomic E-state index is 0.513. The number of rotatable bonds is 11. The topological polar surface area (TPSA) is 12.0 Å². The van der Waals surface area contributed by atoms with Crippen LogP contribution >= 0.6 is 15.9 Å². The Morgan fingerprint density at radius 2 is 1.67 bits per heavy atom. The number of halogens is 1. The van der Waals surface area contributed by atoms with Crippen molar-refractivity contribution in [3.05, 3.63) is 33.8 Å². The Kier molecular flexibility index (Phi) is 10.0. The van der Waals surface area contributed by atoms with Gasteiger partial charge in [-0.05, 0) is 43.1 Å². The van der Waals surface area contributed by atoms with Gasteiger partial charge in [0.15, 0.2) is 0 Å². The first kappa shape index (κ1) is 18.7. The number of hydrogen-bond donors (Lipinski definition) is 1. The number of hydrogen-bond acceptors (Lipinski definition) is 1. The van der Waals surface area contributed by atoms with E-state index in [0.29, 0.717) is 6.04 Å². The molecular formula is C19H32BrN. The molecule has 1 aromatic rings. The highest BCUT2D eigenvalue weighted by atomic mass is 79.9. The third-order valence-electron chi connectivity index (χ3n) is 4.15. The van der Waals surface area contributed by atoms with Crippen LogP contribution in [0.2, 0.25) is 0 Å². The molecule has 1 N–H and O–H groups in total. The summed E-state index contributed by atoms with van der Waals surface area (Å²) in [6.07, 6.45) is 10.9. The predicted octanol–water partition coefficient (Wildman–Crippen LogP) is 6.55. The van der Waals surface area contributed by atoms with Gasteiger partial charge in [0.1, 0.15) is 0 Å². The van der Waals surface area contributed by atoms with Gasteiger partial charge in [0, 0.05) is 10.5 Å². The molecule has 0 aliphatic rings. The highest BCUT2D eigenvalue weighted by Crippen LogP contribution is 2.26. The first-order valence-electron chi connectivity index (χ1n) is 8.68. The number of nitrogens with one attached hydrogen (secondary N) is 1. The van der Waals surface area contributed by atoms with Gasteiger partial charge in [-0.2, -0.15) is 0 Å². The molecule has 0 aromatic heterocycles. The summed E-state index contributed by atoms with van der Waals surface area (Å²) in [6, 6.07) is 7.18. The molecule has 0 aliphatic heterocycles. The van der Waals surface area contributed by atoms with E-state index in [9.17, 15) is 0 Å². The molecule has 120 valence electrons. The lowest BCUT2D eigenvalue weighted by molar-refractivity contribution is 0.474. The highest BCUT2D eigenvalue weighted by Gasteiger charge is 2.12. The van der Waals surface area contributed by atoms with Crippen LogP contribution in [0.3, 0.4) is 0 Å². The van der Waals surface area contributed by atoms with Crippen LogP contribution < -0.4 is 5.32 Å². The average Bonchev–Trinajstić information content (AvgIpc) is 2.45. The SMILES string of the molecule is CCCCCCCCCC(NCC)c1ccc(Br)cc1C. The zero-order chi connectivity index (χ0) is 15.5. The van der Waals surface area contributed by atoms with E-state index in [4.69, 9.17) is 0 Å². The van der Waals surface area contributed by atoms with Crippen molar-refractivity contribution in [2.75, 3.05) is 6.54 Å². The van der Waals surface area contributed by atoms with Crippen molar-refractivity contribution in [3.63, 3.8) is 0 Å². The van der Waals surface area contributed by atoms with Crippen LogP contribution in [0, 0.1) is 6.92 Å². The van der Waals surface area contributed by atoms with E-state index in [1.165, 1.54) is 67.0 Å². The lowest BCUT2D eigenvalue weighted by Gasteiger charge is -2.20. The summed E-state index contributed by atoms with van der Waals surface area (Å²) in [7, 11) is 0. The highest BCUT2D eigenvalue weighted by molar-refractivity contribution is 9.10. The maximum atomic E-state index is 3.66. The molecule has 2 heteroatoms. The standard InChI is InChI=1S/C19H32BrN/c1-4-6-7-8-9-10-11-12-19(21-5-2)18-14-13-17(20)15-16(18)3/h13-15,19,21H,4-12H2,1-3H3. The average molecular weight is 354 g/mol. The molecule has 0 fully saturated rings. The molecule has 0 saturated carbocycles. The predicted molar refractivity (Wildman–Crippen MR) is 97.9 cm³/mol. The molecular weight excluding hydrogens is 322 g/mol. The number of benzene rings is 1. The van der Waals surface area contributed by atoms with Crippen LogP contribution in [-0.4, -0.2) is 6.54 Å². The summed E-state index contributed by atoms with van der Waals surface area (Å²) in [6.45, 7) is 7.74. The molecule has 0 amide bonds. The van der Waals surface area contributed by atoms with E-state index in [2.05, 4.69) is 60.2 Å². The minimum absolute atomic E-state index is 0.513. The van der Waals surface area contributed by atoms with E-state index in [1.54, 1.807) is 0 Å². The molecule has 1 atom stereocenters. The zero-order valence-corrected chi connectivity index (χ0v) is 15.6. The van der Waals surface area contributed by atoms with Gasteiger partial charge < -0.3 is 5.32 Å². The van der Waals surface area contributed by atoms with Crippen molar-refractivity contribution in [3.8, 4) is 0 Å². The molecule has 1 nitrogen and oxygen atoms in total. The zero-order valence-electron chi connectivity index (χ0n) is 14.1. The van der Waals surface area contributed by atoms with E-state index in [-0.39, 0.29) is 0 Å². The van der Waals surface area contributed by atoms with E-state index >= 15 is 0 Å². The molecule has 1 unspecified atom stereocenters. The van der Waals surface area contributed by atoms with E-state index < -0.39 is 0 Å². The van der Waals surface area contributed by atoms with Crippen molar-refractivity contribution in [1.29, 1.82) is 0 Å². The first-order chi connectivity index (χ1) is 10.2. The minimum Gasteiger partial charge on any atom is -0.310 e. The smallest absolute Gasteiger partial charge is 0.0322 e. The lowest BCUT2D eigenvalue weighted by atomic mass is 9.96. The van der Waals surface area contributed by atoms with Gasteiger partial charge >= 0.3 is 0 Å². The van der Waals surface area contributed by atoms with Crippen molar-refractivity contribution >= 4 is 15.9 Å². The van der Waals surface area contributed by atoms with Gasteiger partial charge in [0.25, 0.3) is 0 Å². The van der Waals surface area contributed by atoms with Crippen molar-refractivity contribution in [2.45, 2.75) is 78.2 Å². The van der Waals surface area contributed by atoms with Crippen LogP contribution in [0.25, 0.3) is 0 Å². The molecule has 0 spiro atoms. The van der Waals surface area contributed by atoms with Crippen LogP contribution in [0.15, 0.2) is 22.7 Å². The molecule has 0 heterocycles. The Balaban J connectivity index is 2.39. The summed E-state index contributed by atoms with van der Waals surface area (Å²) in [5, 5.41) is 3.66. The van der Waals surface area contributed by atoms with Gasteiger partial charge in [0.2, 0.25) is 0 Å². The summed E-state index contributed by atoms with van der Waals surface area (Å²) >= 11 is 3.56. The number of unbranched alkanes of at least 4 members (excludes halogenated alkanes) is 6. The van der Waals surface area contributed by atoms with Crippen LogP contribution in [0.4, 0.5) is 0 Å². The van der Waals surface area contributed by atoms with Crippen LogP contribution in [0.1, 0.15) is 82.4 Å². The van der Waals surface area contributed by atoms with Gasteiger partial charge in [-0.25, -0.2) is 0 Å². The van der Waals surface area contributed by atoms with Crippen LogP contribution in [-0.2, 0) is 0 Å². The fourth-order valence-corrected chi connectivity index (χ4v) is 3.43. The molecule has 0 radical (unpaired) electrons. The second-order valence-electron chi connectivity index (χ2n) is 6.02. The van der Waals surface area contributed by atoms with Gasteiger partial charge in [-0.1, -0.05) is 80.8 Å². The summed E-state index contributed by atoms with van der Waals surface area (Å²) in [5.74, 6) is 0. The maximum Gasteiger partial charge on any atom is 0.0322 e. The van der Waals surface area contributed by atoms with Gasteiger partial charge in [-0.15, -0.1) is 0 Å². The van der Waals surface area contributed by atoms with Gasteiger partial charge in [-0.3, -0.25) is 0 Å². The summed E-state index contributed by atoms with van der Waals surface area (Å²) in [4.78, 5) is 0. The third-order valence-corrected chi connectivity index (χ3v) is 4.65. The van der Waals surface area contributed by atoms with Crippen molar-refractivity contribution in [2.24, 2.45) is 0 Å². The van der Waals surface area contributed by atoms with E-state index in [0.717, 1.165) is 6.54 Å². The maximum absolute atomic E-state index is 3.66. The monoisotopic (exact) mass is 353 g/mol. The summed E-state index contributed by atoms with van der Waals surface area (Å²) in [5.41, 5.74) is 2.85. The molecule has 1 aromatic carbocycles. The normalized spacial score (nSPS) is 12.6. The van der Waals surface area contributed by atoms with E-state index in [1.807, 2.05) is 0 Å². The Hall–Kier alpha value is -0.340. The Labute approximate surface area is 140 Å². The molecule has 1 rings (SSSR count). The number of aryl methyl sites for hydroxylation is 1. The summed E-state index contributed by atoms with van der Waals surface area (Å²) < 4.78 is 1.18. The molecule has 0 aliphatic carbocycles. The first-order valence-corrected chi connectivity index (χ1v) is 9.47. The fourth-order valence-electron chi connectivity index (χ4n) is 2.95. The lowest BCUT2D eigenvalue weighted by Crippen LogP contribution is -2.21. The van der Waals surface area contributed by atoms with Crippen molar-refractivity contribution in [1.82, 2.24) is 5.32 Å². The quantitative estimate of drug-likeness (QED) is 0.444. The second kappa shape index (κ2) is 11.3. The Bertz CT molecular complexity index is 389. The fraction of sp³-hybridized carbons (Fsp3) is 0.684. The Morgan fingerprint density at radius 1 is 1.00 bits per heavy atom. The largest absolute Gasteiger partial charge is 0.310 e. The molecule has 0 saturated heterocycles. The second-order valence-corrected chi connectivity index (χ2v) is 6.94. The molecule has 21 heavy (non-hydrogen) atoms. The van der Waals surface area contributed by atoms with Crippen LogP contribution in [0.5, 0.6) is 0 Å². The van der Waals surface area contributed by atoms with Gasteiger partial charge in [0.05, 0.1) is 0 Å². The van der Waals surface area contributed by atoms with Crippen molar-refractivity contribution < 1.29 is 0 Å². The molecule has 0 bridgehead atoms. The third kappa shape index (κ3) is 7.46.